The van der Waals surface area contributed by atoms with Gasteiger partial charge in [0.1, 0.15) is 0 Å². The van der Waals surface area contributed by atoms with Gasteiger partial charge in [-0.3, -0.25) is 9.30 Å². The monoisotopic (exact) mass is 421 g/mol. The normalized spacial score (nSPS) is 14.2. The molecule has 1 aromatic heterocycles. The van der Waals surface area contributed by atoms with Gasteiger partial charge in [-0.25, -0.2) is 13.4 Å². The highest BCUT2D eigenvalue weighted by Gasteiger charge is 2.28. The fourth-order valence-corrected chi connectivity index (χ4v) is 5.52. The van der Waals surface area contributed by atoms with E-state index in [1.54, 1.807) is 18.4 Å². The van der Waals surface area contributed by atoms with E-state index in [0.29, 0.717) is 25.6 Å². The standard InChI is InChI=1S/C19H27N5O2S2/c1-14-15(2)27-18(23-14)8-10-21-19(20-3)22-11-13-28(25,26)24-12-9-16-6-4-5-7-17(16)24/h4-7H,8-13H2,1-3H3,(H2,20,21,22). The van der Waals surface area contributed by atoms with Crippen molar-refractivity contribution in [2.45, 2.75) is 26.7 Å². The summed E-state index contributed by atoms with van der Waals surface area (Å²) >= 11 is 1.71. The number of aromatic nitrogens is 1. The van der Waals surface area contributed by atoms with Crippen LogP contribution >= 0.6 is 11.3 Å². The van der Waals surface area contributed by atoms with Crippen molar-refractivity contribution in [1.82, 2.24) is 15.6 Å². The number of aliphatic imine (C=N–C) groups is 1. The van der Waals surface area contributed by atoms with Crippen molar-refractivity contribution < 1.29 is 8.42 Å². The lowest BCUT2D eigenvalue weighted by molar-refractivity contribution is 0.591. The number of nitrogens with zero attached hydrogens (tertiary/aromatic N) is 3. The van der Waals surface area contributed by atoms with Crippen LogP contribution in [0.2, 0.25) is 0 Å². The molecule has 0 saturated carbocycles. The van der Waals surface area contributed by atoms with Crippen LogP contribution in [-0.2, 0) is 22.9 Å². The van der Waals surface area contributed by atoms with Crippen molar-refractivity contribution in [2.24, 2.45) is 4.99 Å². The average molecular weight is 422 g/mol. The second kappa shape index (κ2) is 8.91. The lowest BCUT2D eigenvalue weighted by Crippen LogP contribution is -2.42. The second-order valence-electron chi connectivity index (χ2n) is 6.69. The van der Waals surface area contributed by atoms with Gasteiger partial charge in [-0.1, -0.05) is 18.2 Å². The predicted molar refractivity (Wildman–Crippen MR) is 116 cm³/mol. The Morgan fingerprint density at radius 3 is 2.71 bits per heavy atom. The Balaban J connectivity index is 1.46. The molecular formula is C19H27N5O2S2. The summed E-state index contributed by atoms with van der Waals surface area (Å²) in [6, 6.07) is 7.68. The molecule has 1 aliphatic rings. The molecule has 2 heterocycles. The molecule has 0 saturated heterocycles. The van der Waals surface area contributed by atoms with Gasteiger partial charge in [0.15, 0.2) is 5.96 Å². The number of nitrogens with one attached hydrogen (secondary N) is 2. The number of fused-ring (bicyclic) bond motifs is 1. The first-order valence-corrected chi connectivity index (χ1v) is 11.8. The highest BCUT2D eigenvalue weighted by molar-refractivity contribution is 7.92. The van der Waals surface area contributed by atoms with Crippen LogP contribution in [0.1, 0.15) is 21.1 Å². The number of anilines is 1. The van der Waals surface area contributed by atoms with Crippen LogP contribution < -0.4 is 14.9 Å². The van der Waals surface area contributed by atoms with Crippen LogP contribution in [0.25, 0.3) is 0 Å². The number of guanidine groups is 1. The number of benzene rings is 1. The van der Waals surface area contributed by atoms with Gasteiger partial charge in [-0.2, -0.15) is 0 Å². The molecule has 0 atom stereocenters. The Morgan fingerprint density at radius 1 is 1.25 bits per heavy atom. The number of hydrogen-bond acceptors (Lipinski definition) is 5. The van der Waals surface area contributed by atoms with E-state index in [4.69, 9.17) is 0 Å². The largest absolute Gasteiger partial charge is 0.356 e. The number of aryl methyl sites for hydroxylation is 2. The van der Waals surface area contributed by atoms with Gasteiger partial charge in [0, 0.05) is 38.0 Å². The van der Waals surface area contributed by atoms with E-state index in [-0.39, 0.29) is 5.75 Å². The van der Waals surface area contributed by atoms with Gasteiger partial charge < -0.3 is 10.6 Å². The van der Waals surface area contributed by atoms with E-state index >= 15 is 0 Å². The van der Waals surface area contributed by atoms with Gasteiger partial charge in [-0.15, -0.1) is 11.3 Å². The van der Waals surface area contributed by atoms with Crippen LogP contribution in [0, 0.1) is 13.8 Å². The van der Waals surface area contributed by atoms with Crippen molar-refractivity contribution in [3.63, 3.8) is 0 Å². The summed E-state index contributed by atoms with van der Waals surface area (Å²) in [6.45, 7) is 5.60. The molecule has 0 fully saturated rings. The zero-order valence-electron chi connectivity index (χ0n) is 16.5. The Hall–Kier alpha value is -2.13. The maximum atomic E-state index is 12.7. The van der Waals surface area contributed by atoms with Crippen molar-refractivity contribution in [3.8, 4) is 0 Å². The molecule has 0 bridgehead atoms. The lowest BCUT2D eigenvalue weighted by atomic mass is 10.2. The summed E-state index contributed by atoms with van der Waals surface area (Å²) in [6.07, 6.45) is 1.57. The summed E-state index contributed by atoms with van der Waals surface area (Å²) in [5.41, 5.74) is 2.97. The number of sulfonamides is 1. The van der Waals surface area contributed by atoms with Crippen LogP contribution in [0.4, 0.5) is 5.69 Å². The van der Waals surface area contributed by atoms with Gasteiger partial charge in [0.25, 0.3) is 0 Å². The minimum atomic E-state index is -3.36. The predicted octanol–water partition coefficient (Wildman–Crippen LogP) is 1.86. The van der Waals surface area contributed by atoms with Crippen molar-refractivity contribution in [3.05, 3.63) is 45.4 Å². The van der Waals surface area contributed by atoms with E-state index in [1.165, 1.54) is 9.18 Å². The molecular weight excluding hydrogens is 394 g/mol. The number of hydrogen-bond donors (Lipinski definition) is 2. The molecule has 7 nitrogen and oxygen atoms in total. The number of rotatable bonds is 7. The molecule has 9 heteroatoms. The highest BCUT2D eigenvalue weighted by atomic mass is 32.2. The average Bonchev–Trinajstić information content (AvgIpc) is 3.24. The highest BCUT2D eigenvalue weighted by Crippen LogP contribution is 2.29. The maximum absolute atomic E-state index is 12.7. The molecule has 2 aromatic rings. The summed E-state index contributed by atoms with van der Waals surface area (Å²) in [5.74, 6) is 0.620. The first kappa shape index (κ1) is 20.6. The molecule has 0 amide bonds. The van der Waals surface area contributed by atoms with Gasteiger partial charge in [0.05, 0.1) is 22.1 Å². The Labute approximate surface area is 171 Å². The molecule has 3 rings (SSSR count). The van der Waals surface area contributed by atoms with Crippen LogP contribution in [0.15, 0.2) is 29.3 Å². The van der Waals surface area contributed by atoms with E-state index in [9.17, 15) is 8.42 Å². The van der Waals surface area contributed by atoms with Crippen LogP contribution in [0.5, 0.6) is 0 Å². The summed E-state index contributed by atoms with van der Waals surface area (Å²) in [7, 11) is -1.68. The smallest absolute Gasteiger partial charge is 0.236 e. The minimum absolute atomic E-state index is 0.0207. The van der Waals surface area contributed by atoms with Crippen molar-refractivity contribution >= 4 is 33.0 Å². The fourth-order valence-electron chi connectivity index (χ4n) is 3.16. The third-order valence-electron chi connectivity index (χ3n) is 4.76. The van der Waals surface area contributed by atoms with E-state index < -0.39 is 10.0 Å². The first-order chi connectivity index (χ1) is 13.4. The molecule has 2 N–H and O–H groups in total. The molecule has 1 aliphatic heterocycles. The second-order valence-corrected chi connectivity index (χ2v) is 9.99. The topological polar surface area (TPSA) is 86.7 Å². The summed E-state index contributed by atoms with van der Waals surface area (Å²) in [4.78, 5) is 9.93. The maximum Gasteiger partial charge on any atom is 0.236 e. The lowest BCUT2D eigenvalue weighted by Gasteiger charge is -2.20. The van der Waals surface area contributed by atoms with Gasteiger partial charge >= 0.3 is 0 Å². The Morgan fingerprint density at radius 2 is 2.00 bits per heavy atom. The van der Waals surface area contributed by atoms with Crippen LogP contribution in [0.3, 0.4) is 0 Å². The molecule has 0 radical (unpaired) electrons. The molecule has 0 spiro atoms. The zero-order chi connectivity index (χ0) is 20.1. The fraction of sp³-hybridized carbons (Fsp3) is 0.474. The minimum Gasteiger partial charge on any atom is -0.356 e. The van der Waals surface area contributed by atoms with Crippen molar-refractivity contribution in [2.75, 3.05) is 36.7 Å². The number of thiazole rings is 1. The first-order valence-electron chi connectivity index (χ1n) is 9.36. The summed E-state index contributed by atoms with van der Waals surface area (Å²) < 4.78 is 27.0. The molecule has 152 valence electrons. The van der Waals surface area contributed by atoms with E-state index in [1.807, 2.05) is 31.2 Å². The quantitative estimate of drug-likeness (QED) is 0.526. The molecule has 1 aromatic carbocycles. The number of para-hydroxylation sites is 1. The van der Waals surface area contributed by atoms with E-state index in [2.05, 4.69) is 27.5 Å². The van der Waals surface area contributed by atoms with Gasteiger partial charge in [-0.05, 0) is 31.9 Å². The third-order valence-corrected chi connectivity index (χ3v) is 7.66. The Bertz CT molecular complexity index is 933. The zero-order valence-corrected chi connectivity index (χ0v) is 18.2. The van der Waals surface area contributed by atoms with Gasteiger partial charge in [0.2, 0.25) is 10.0 Å². The molecule has 0 unspecified atom stereocenters. The third kappa shape index (κ3) is 4.82. The Kier molecular flexibility index (Phi) is 6.56. The van der Waals surface area contributed by atoms with Crippen molar-refractivity contribution in [1.29, 1.82) is 0 Å². The summed E-state index contributed by atoms with van der Waals surface area (Å²) in [5, 5.41) is 7.40. The molecule has 0 aliphatic carbocycles. The molecule has 28 heavy (non-hydrogen) atoms. The van der Waals surface area contributed by atoms with E-state index in [0.717, 1.165) is 34.8 Å². The SMILES string of the molecule is CN=C(NCCc1nc(C)c(C)s1)NCCS(=O)(=O)N1CCc2ccccc21. The van der Waals surface area contributed by atoms with Crippen LogP contribution in [-0.4, -0.2) is 51.8 Å².